The van der Waals surface area contributed by atoms with Crippen LogP contribution >= 0.6 is 0 Å². The summed E-state index contributed by atoms with van der Waals surface area (Å²) in [5, 5.41) is 31.5. The zero-order valence-corrected chi connectivity index (χ0v) is 33.0. The van der Waals surface area contributed by atoms with Gasteiger partial charge in [-0.05, 0) is 35.7 Å². The number of hydrogen-bond donors (Lipinski definition) is 2. The maximum Gasteiger partial charge on any atom is 1.00 e. The van der Waals surface area contributed by atoms with Crippen molar-refractivity contribution in [3.8, 4) is 11.5 Å². The normalized spacial score (nSPS) is 11.8. The van der Waals surface area contributed by atoms with Crippen LogP contribution in [-0.4, -0.2) is 76.6 Å². The number of methoxy groups -OCH3 is 1. The summed E-state index contributed by atoms with van der Waals surface area (Å²) in [6.07, 6.45) is 0. The fraction of sp³-hybridized carbons (Fsp3) is 0.0690. The number of ether oxygens (including phenoxy) is 1. The third-order valence-corrected chi connectivity index (χ3v) is 8.13. The number of fused-ring (bicyclic) bond motifs is 2. The fourth-order valence-electron chi connectivity index (χ4n) is 4.85. The second kappa shape index (κ2) is 17.1. The molecule has 1 amide bonds. The van der Waals surface area contributed by atoms with Crippen LogP contribution in [-0.2, 0) is 26.0 Å². The molecule has 0 aliphatic rings. The predicted octanol–water partition coefficient (Wildman–Crippen LogP) is -3.51. The van der Waals surface area contributed by atoms with Crippen LogP contribution in [0.15, 0.2) is 81.8 Å². The van der Waals surface area contributed by atoms with E-state index in [2.05, 4.69) is 15.5 Å². The van der Waals surface area contributed by atoms with E-state index in [-0.39, 0.29) is 96.7 Å². The number of nitrogens with zero attached hydrogens (tertiary/aromatic N) is 5. The number of anilines is 1. The van der Waals surface area contributed by atoms with Gasteiger partial charge in [-0.15, -0.1) is 10.2 Å². The number of nitrogens with one attached hydrogen (secondary N) is 1. The van der Waals surface area contributed by atoms with E-state index in [0.29, 0.717) is 10.8 Å². The zero-order chi connectivity index (χ0) is 37.4. The minimum atomic E-state index is -5.25. The summed E-state index contributed by atoms with van der Waals surface area (Å²) < 4.78 is 61.2. The van der Waals surface area contributed by atoms with Crippen molar-refractivity contribution < 1.29 is 115 Å². The van der Waals surface area contributed by atoms with Gasteiger partial charge in [-0.1, -0.05) is 24.3 Å². The zero-order valence-electron chi connectivity index (χ0n) is 27.4. The number of carbonyl (C=O) groups excluding carboxylic acids is 4. The van der Waals surface area contributed by atoms with Gasteiger partial charge in [0.05, 0.1) is 34.7 Å². The summed E-state index contributed by atoms with van der Waals surface area (Å²) in [5.74, 6) is -7.07. The number of imidazole rings is 1. The average Bonchev–Trinajstić information content (AvgIpc) is 3.36. The van der Waals surface area contributed by atoms with E-state index in [1.54, 1.807) is 24.3 Å². The van der Waals surface area contributed by atoms with Gasteiger partial charge in [-0.3, -0.25) is 33.5 Å². The summed E-state index contributed by atoms with van der Waals surface area (Å²) >= 11 is -3.67. The molecule has 262 valence electrons. The molecule has 53 heavy (non-hydrogen) atoms. The number of phenols is 1. The van der Waals surface area contributed by atoms with Gasteiger partial charge in [0.25, 0.3) is 16.7 Å². The predicted molar refractivity (Wildman–Crippen MR) is 173 cm³/mol. The molecule has 1 unspecified atom stereocenters. The van der Waals surface area contributed by atoms with Crippen molar-refractivity contribution in [2.24, 2.45) is 10.2 Å². The van der Waals surface area contributed by atoms with Crippen LogP contribution in [0, 0.1) is 10.1 Å². The number of phenolic OH excluding ortho intramolecular Hbond substituents is 1. The number of nitro benzene ring substituents is 1. The van der Waals surface area contributed by atoms with Gasteiger partial charge in [0.15, 0.2) is 11.5 Å². The first-order valence-electron chi connectivity index (χ1n) is 13.7. The molecule has 0 radical (unpaired) electrons. The summed E-state index contributed by atoms with van der Waals surface area (Å²) in [7, 11) is -4.00. The van der Waals surface area contributed by atoms with E-state index in [1.807, 2.05) is 0 Å². The fourth-order valence-corrected chi connectivity index (χ4v) is 5.51. The Kier molecular flexibility index (Phi) is 13.9. The molecule has 1 atom stereocenters. The van der Waals surface area contributed by atoms with Crippen molar-refractivity contribution in [3.63, 3.8) is 0 Å². The number of benzene rings is 4. The summed E-state index contributed by atoms with van der Waals surface area (Å²) in [4.78, 5) is 74.4. The number of non-ortho nitro benzene ring substituents is 1. The number of nitro groups is 1. The van der Waals surface area contributed by atoms with E-state index in [4.69, 9.17) is 4.74 Å². The first-order chi connectivity index (χ1) is 24.0. The molecule has 1 aromatic heterocycles. The first kappa shape index (κ1) is 42.9. The molecule has 1 heterocycles. The number of hydrogen-bond acceptors (Lipinski definition) is 16. The smallest absolute Gasteiger partial charge is 0.766 e. The van der Waals surface area contributed by atoms with Gasteiger partial charge < -0.3 is 24.3 Å². The maximum absolute atomic E-state index is 13.5. The molecule has 5 rings (SSSR count). The van der Waals surface area contributed by atoms with Gasteiger partial charge in [0, 0.05) is 28.2 Å². The molecule has 0 saturated heterocycles. The quantitative estimate of drug-likeness (QED) is 0.0293. The number of carbonyl (C=O) groups is 4. The van der Waals surface area contributed by atoms with Crippen LogP contribution < -0.4 is 74.9 Å². The van der Waals surface area contributed by atoms with Crippen molar-refractivity contribution in [1.82, 2.24) is 9.13 Å². The molecule has 0 bridgehead atoms. The molecule has 0 saturated carbocycles. The van der Waals surface area contributed by atoms with Crippen LogP contribution in [0.3, 0.4) is 0 Å². The Morgan fingerprint density at radius 2 is 1.66 bits per heavy atom. The van der Waals surface area contributed by atoms with Crippen molar-refractivity contribution >= 4 is 88.6 Å². The Morgan fingerprint density at radius 1 is 0.981 bits per heavy atom. The van der Waals surface area contributed by atoms with E-state index in [0.717, 1.165) is 30.3 Å². The van der Waals surface area contributed by atoms with Crippen LogP contribution in [0.25, 0.3) is 21.8 Å². The Morgan fingerprint density at radius 3 is 2.28 bits per heavy atom. The second-order valence-corrected chi connectivity index (χ2v) is 12.4. The minimum Gasteiger partial charge on any atom is -0.766 e. The Bertz CT molecular complexity index is 2590. The Labute approximate surface area is 342 Å². The SMILES string of the molecule is COc1cc([N+](=O)[O-])ccc1N=Nc1c(O)c(C(=O)Nc2ccc3c(c2)n(C(=O)C(=O)S(=O)[O-])c(=O)n3C(=O)CS(=O)(=O)[O-])cc2ccccc12.[Na+].[Na+]. The third-order valence-electron chi connectivity index (χ3n) is 7.05. The van der Waals surface area contributed by atoms with E-state index in [1.165, 1.54) is 19.2 Å². The van der Waals surface area contributed by atoms with Gasteiger partial charge in [-0.2, -0.15) is 0 Å². The molecule has 20 nitrogen and oxygen atoms in total. The van der Waals surface area contributed by atoms with Gasteiger partial charge in [0.1, 0.15) is 27.2 Å². The largest absolute Gasteiger partial charge is 1.00 e. The maximum atomic E-state index is 13.5. The van der Waals surface area contributed by atoms with Crippen LogP contribution in [0.1, 0.15) is 19.9 Å². The van der Waals surface area contributed by atoms with Crippen molar-refractivity contribution in [2.75, 3.05) is 18.2 Å². The molecule has 0 aliphatic heterocycles. The number of azo groups is 1. The van der Waals surface area contributed by atoms with Crippen LogP contribution in [0.4, 0.5) is 22.7 Å². The first-order valence-corrected chi connectivity index (χ1v) is 16.4. The van der Waals surface area contributed by atoms with E-state index < -0.39 is 82.7 Å². The number of aromatic hydroxyl groups is 1. The van der Waals surface area contributed by atoms with Gasteiger partial charge in [0.2, 0.25) is 5.91 Å². The molecule has 0 aliphatic carbocycles. The molecule has 4 aromatic carbocycles. The summed E-state index contributed by atoms with van der Waals surface area (Å²) in [5.41, 5.74) is -3.97. The second-order valence-electron chi connectivity index (χ2n) is 10.2. The third kappa shape index (κ3) is 9.01. The van der Waals surface area contributed by atoms with Crippen molar-refractivity contribution in [2.45, 2.75) is 0 Å². The monoisotopic (exact) mass is 784 g/mol. The molecule has 0 fully saturated rings. The van der Waals surface area contributed by atoms with Crippen LogP contribution in [0.2, 0.25) is 0 Å². The molecular formula is C29H18N6Na2O14S2. The molecule has 0 spiro atoms. The minimum absolute atomic E-state index is 0. The number of amides is 1. The topological polar surface area (TPSA) is 302 Å². The standard InChI is InChI=1S/C29H20N6O14S2.2Na/c1-49-22-12-16(35(42)43)7-8-19(22)31-32-24-17-5-3-2-4-14(17)10-18(25(24)37)26(38)30-15-6-9-20-21(11-15)34(27(39)28(40)50(44)45)29(41)33(20)23(36)13-51(46,47)48;;/h2-12,37H,13H2,1H3,(H,30,38)(H,44,45)(H,46,47,48);;/q;2*+1/p-2. The average molecular weight is 785 g/mol. The molecule has 24 heteroatoms. The van der Waals surface area contributed by atoms with E-state index >= 15 is 0 Å². The number of aromatic nitrogens is 2. The number of rotatable bonds is 8. The van der Waals surface area contributed by atoms with Crippen LogP contribution in [0.5, 0.6) is 11.5 Å². The van der Waals surface area contributed by atoms with Gasteiger partial charge in [-0.25, -0.2) is 22.3 Å². The van der Waals surface area contributed by atoms with Crippen molar-refractivity contribution in [3.05, 3.63) is 92.9 Å². The van der Waals surface area contributed by atoms with E-state index in [9.17, 15) is 60.9 Å². The Hall–Kier alpha value is -4.49. The van der Waals surface area contributed by atoms with Crippen molar-refractivity contribution in [1.29, 1.82) is 0 Å². The molecule has 2 N–H and O–H groups in total. The summed E-state index contributed by atoms with van der Waals surface area (Å²) in [6.45, 7) is 0. The summed E-state index contributed by atoms with van der Waals surface area (Å²) in [6, 6.07) is 14.0. The molecule has 5 aromatic rings. The Balaban J connectivity index is 0.00000378. The molecular weight excluding hydrogens is 766 g/mol. The van der Waals surface area contributed by atoms with Gasteiger partial charge >= 0.3 is 70.7 Å².